The van der Waals surface area contributed by atoms with Gasteiger partial charge in [0.1, 0.15) is 11.6 Å². The van der Waals surface area contributed by atoms with E-state index in [1.54, 1.807) is 18.3 Å². The summed E-state index contributed by atoms with van der Waals surface area (Å²) in [5, 5.41) is 0. The molecular formula is C19H23FN4O. The van der Waals surface area contributed by atoms with E-state index in [2.05, 4.69) is 14.9 Å². The lowest BCUT2D eigenvalue weighted by molar-refractivity contribution is 0.427. The fourth-order valence-electron chi connectivity index (χ4n) is 2.84. The highest BCUT2D eigenvalue weighted by molar-refractivity contribution is 5.78. The molecule has 0 spiro atoms. The highest BCUT2D eigenvalue weighted by atomic mass is 19.1. The lowest BCUT2D eigenvalue weighted by atomic mass is 10.2. The van der Waals surface area contributed by atoms with Gasteiger partial charge in [-0.25, -0.2) is 14.4 Å². The van der Waals surface area contributed by atoms with Crippen LogP contribution in [0.3, 0.4) is 0 Å². The molecule has 1 aliphatic heterocycles. The van der Waals surface area contributed by atoms with E-state index in [1.165, 1.54) is 25.0 Å². The molecule has 1 fully saturated rings. The molecule has 132 valence electrons. The Kier molecular flexibility index (Phi) is 5.82. The van der Waals surface area contributed by atoms with Crippen molar-refractivity contribution in [1.82, 2.24) is 9.88 Å². The van der Waals surface area contributed by atoms with Crippen molar-refractivity contribution in [3.8, 4) is 11.6 Å². The fraction of sp³-hybridized carbons (Fsp3) is 0.368. The topological polar surface area (TPSA) is 63.7 Å². The van der Waals surface area contributed by atoms with Gasteiger partial charge in [-0.1, -0.05) is 25.0 Å². The number of nitrogens with zero attached hydrogens (tertiary/aromatic N) is 3. The van der Waals surface area contributed by atoms with Gasteiger partial charge in [-0.15, -0.1) is 0 Å². The second-order valence-electron chi connectivity index (χ2n) is 6.10. The monoisotopic (exact) mass is 342 g/mol. The van der Waals surface area contributed by atoms with Crippen LogP contribution in [-0.4, -0.2) is 28.9 Å². The van der Waals surface area contributed by atoms with Gasteiger partial charge in [0, 0.05) is 30.9 Å². The first-order valence-corrected chi connectivity index (χ1v) is 8.64. The quantitative estimate of drug-likeness (QED) is 0.680. The molecule has 1 aromatic heterocycles. The summed E-state index contributed by atoms with van der Waals surface area (Å²) < 4.78 is 19.0. The molecule has 3 rings (SSSR count). The Morgan fingerprint density at radius 1 is 1.16 bits per heavy atom. The van der Waals surface area contributed by atoms with Crippen molar-refractivity contribution in [2.75, 3.05) is 13.1 Å². The minimum absolute atomic E-state index is 0.349. The van der Waals surface area contributed by atoms with Crippen molar-refractivity contribution in [1.29, 1.82) is 0 Å². The van der Waals surface area contributed by atoms with Gasteiger partial charge in [0.05, 0.1) is 6.54 Å². The third-order valence-electron chi connectivity index (χ3n) is 4.20. The molecule has 0 saturated carbocycles. The molecule has 0 bridgehead atoms. The second-order valence-corrected chi connectivity index (χ2v) is 6.10. The van der Waals surface area contributed by atoms with E-state index in [4.69, 9.17) is 10.5 Å². The maximum absolute atomic E-state index is 13.3. The SMILES string of the molecule is NC(=NCc1cccnc1Oc1cccc(F)c1)N1CCCCCC1. The number of pyridine rings is 1. The van der Waals surface area contributed by atoms with Crippen LogP contribution in [-0.2, 0) is 6.54 Å². The molecular weight excluding hydrogens is 319 g/mol. The molecule has 2 N–H and O–H groups in total. The summed E-state index contributed by atoms with van der Waals surface area (Å²) in [5.41, 5.74) is 6.96. The van der Waals surface area contributed by atoms with E-state index in [9.17, 15) is 4.39 Å². The summed E-state index contributed by atoms with van der Waals surface area (Å²) in [5.74, 6) is 1.03. The fourth-order valence-corrected chi connectivity index (χ4v) is 2.84. The molecule has 1 aliphatic rings. The van der Waals surface area contributed by atoms with Gasteiger partial charge >= 0.3 is 0 Å². The van der Waals surface area contributed by atoms with Crippen LogP contribution < -0.4 is 10.5 Å². The number of aliphatic imine (C=N–C) groups is 1. The van der Waals surface area contributed by atoms with E-state index >= 15 is 0 Å². The van der Waals surface area contributed by atoms with Crippen molar-refractivity contribution < 1.29 is 9.13 Å². The van der Waals surface area contributed by atoms with Gasteiger partial charge < -0.3 is 15.4 Å². The second kappa shape index (κ2) is 8.46. The minimum atomic E-state index is -0.349. The highest BCUT2D eigenvalue weighted by Crippen LogP contribution is 2.24. The van der Waals surface area contributed by atoms with Gasteiger partial charge in [-0.2, -0.15) is 0 Å². The van der Waals surface area contributed by atoms with E-state index < -0.39 is 0 Å². The average Bonchev–Trinajstić information content (AvgIpc) is 2.90. The summed E-state index contributed by atoms with van der Waals surface area (Å²) in [7, 11) is 0. The smallest absolute Gasteiger partial charge is 0.224 e. The summed E-state index contributed by atoms with van der Waals surface area (Å²) in [4.78, 5) is 10.9. The normalized spacial score (nSPS) is 15.7. The Hall–Kier alpha value is -2.63. The molecule has 5 nitrogen and oxygen atoms in total. The maximum atomic E-state index is 13.3. The lowest BCUT2D eigenvalue weighted by Crippen LogP contribution is -2.38. The largest absolute Gasteiger partial charge is 0.439 e. The number of ether oxygens (including phenoxy) is 1. The molecule has 6 heteroatoms. The Morgan fingerprint density at radius 3 is 2.72 bits per heavy atom. The van der Waals surface area contributed by atoms with Crippen LogP contribution in [0.4, 0.5) is 4.39 Å². The van der Waals surface area contributed by atoms with Gasteiger partial charge in [-0.3, -0.25) is 0 Å². The standard InChI is InChI=1S/C19H23FN4O/c20-16-8-5-9-17(13-16)25-18-15(7-6-10-22-18)14-23-19(21)24-11-3-1-2-4-12-24/h5-10,13H,1-4,11-12,14H2,(H2,21,23). The zero-order chi connectivity index (χ0) is 17.5. The number of likely N-dealkylation sites (tertiary alicyclic amines) is 1. The molecule has 0 radical (unpaired) electrons. The molecule has 1 saturated heterocycles. The van der Waals surface area contributed by atoms with Gasteiger partial charge in [0.15, 0.2) is 5.96 Å². The first-order valence-electron chi connectivity index (χ1n) is 8.64. The first kappa shape index (κ1) is 17.2. The van der Waals surface area contributed by atoms with Crippen LogP contribution in [0.25, 0.3) is 0 Å². The molecule has 25 heavy (non-hydrogen) atoms. The predicted octanol–water partition coefficient (Wildman–Crippen LogP) is 3.70. The Bertz CT molecular complexity index is 727. The Balaban J connectivity index is 1.71. The lowest BCUT2D eigenvalue weighted by Gasteiger charge is -2.21. The first-order chi connectivity index (χ1) is 12.2. The highest BCUT2D eigenvalue weighted by Gasteiger charge is 2.12. The molecule has 0 amide bonds. The zero-order valence-corrected chi connectivity index (χ0v) is 14.2. The molecule has 0 unspecified atom stereocenters. The maximum Gasteiger partial charge on any atom is 0.224 e. The molecule has 0 atom stereocenters. The number of rotatable bonds is 4. The number of guanidine groups is 1. The molecule has 0 aliphatic carbocycles. The number of nitrogens with two attached hydrogens (primary N) is 1. The molecule has 2 heterocycles. The van der Waals surface area contributed by atoms with Crippen LogP contribution in [0, 0.1) is 5.82 Å². The average molecular weight is 342 g/mol. The van der Waals surface area contributed by atoms with Gasteiger partial charge in [0.2, 0.25) is 5.88 Å². The summed E-state index contributed by atoms with van der Waals surface area (Å²) in [6.45, 7) is 2.28. The summed E-state index contributed by atoms with van der Waals surface area (Å²) in [6.07, 6.45) is 6.43. The van der Waals surface area contributed by atoms with Crippen molar-refractivity contribution in [2.45, 2.75) is 32.2 Å². The van der Waals surface area contributed by atoms with Crippen molar-refractivity contribution in [2.24, 2.45) is 10.7 Å². The Labute approximate surface area is 147 Å². The van der Waals surface area contributed by atoms with Crippen LogP contribution >= 0.6 is 0 Å². The van der Waals surface area contributed by atoms with Crippen LogP contribution in [0.15, 0.2) is 47.6 Å². The van der Waals surface area contributed by atoms with E-state index in [1.807, 2.05) is 12.1 Å². The van der Waals surface area contributed by atoms with Crippen molar-refractivity contribution >= 4 is 5.96 Å². The summed E-state index contributed by atoms with van der Waals surface area (Å²) in [6, 6.07) is 9.71. The van der Waals surface area contributed by atoms with Crippen molar-refractivity contribution in [3.63, 3.8) is 0 Å². The number of halogens is 1. The zero-order valence-electron chi connectivity index (χ0n) is 14.2. The number of aromatic nitrogens is 1. The van der Waals surface area contributed by atoms with Crippen LogP contribution in [0.2, 0.25) is 0 Å². The predicted molar refractivity (Wildman–Crippen MR) is 96.1 cm³/mol. The van der Waals surface area contributed by atoms with Gasteiger partial charge in [-0.05, 0) is 31.0 Å². The van der Waals surface area contributed by atoms with Gasteiger partial charge in [0.25, 0.3) is 0 Å². The van der Waals surface area contributed by atoms with E-state index in [0.717, 1.165) is 31.5 Å². The third kappa shape index (κ3) is 4.92. The number of hydrogen-bond donors (Lipinski definition) is 1. The third-order valence-corrected chi connectivity index (χ3v) is 4.20. The molecule has 2 aromatic rings. The van der Waals surface area contributed by atoms with Crippen LogP contribution in [0.1, 0.15) is 31.2 Å². The van der Waals surface area contributed by atoms with E-state index in [0.29, 0.717) is 24.1 Å². The van der Waals surface area contributed by atoms with E-state index in [-0.39, 0.29) is 5.82 Å². The van der Waals surface area contributed by atoms with Crippen LogP contribution in [0.5, 0.6) is 11.6 Å². The molecule has 1 aromatic carbocycles. The summed E-state index contributed by atoms with van der Waals surface area (Å²) >= 11 is 0. The Morgan fingerprint density at radius 2 is 1.96 bits per heavy atom. The number of benzene rings is 1. The van der Waals surface area contributed by atoms with Crippen molar-refractivity contribution in [3.05, 3.63) is 54.0 Å². The number of hydrogen-bond acceptors (Lipinski definition) is 3. The minimum Gasteiger partial charge on any atom is -0.439 e.